The molecular weight excluding hydrogens is 414 g/mol. The lowest BCUT2D eigenvalue weighted by atomic mass is 9.69. The van der Waals surface area contributed by atoms with Crippen LogP contribution in [0, 0.1) is 18.8 Å². The van der Waals surface area contributed by atoms with Crippen molar-refractivity contribution in [2.75, 3.05) is 24.0 Å². The Morgan fingerprint density at radius 1 is 0.909 bits per heavy atom. The molecule has 0 aliphatic carbocycles. The molecule has 0 radical (unpaired) electrons. The van der Waals surface area contributed by atoms with E-state index in [0.717, 1.165) is 5.56 Å². The van der Waals surface area contributed by atoms with Crippen molar-refractivity contribution < 1.29 is 14.3 Å². The molecular formula is C27H31N3O3. The first-order valence-corrected chi connectivity index (χ1v) is 11.8. The minimum absolute atomic E-state index is 0.0103. The first-order chi connectivity index (χ1) is 15.6. The van der Waals surface area contributed by atoms with Crippen molar-refractivity contribution in [2.24, 2.45) is 11.8 Å². The number of para-hydroxylation sites is 1. The van der Waals surface area contributed by atoms with Gasteiger partial charge in [0.25, 0.3) is 0 Å². The fourth-order valence-corrected chi connectivity index (χ4v) is 7.53. The van der Waals surface area contributed by atoms with Crippen LogP contribution in [0.5, 0.6) is 0 Å². The SMILES string of the molecule is CO[C@]12C3C(=O)N(c4ccc(C)cc4)C(=O)C3[C@H](C3C1c1ccccc1N3C)N2C(C)(C)C. The van der Waals surface area contributed by atoms with Gasteiger partial charge in [0.15, 0.2) is 0 Å². The standard InChI is InChI=1S/C27H31N3O3/c1-15-11-13-16(14-12-15)29-24(31)19-21(25(29)32)27(33-6)20-17-9-7-8-10-18(17)28(5)23(20)22(19)30(27)26(2,3)4/h7-14,19-23H,1-6H3/t19?,20?,21?,22-,23?,27+/m1/s1. The molecule has 3 fully saturated rings. The number of carbonyl (C=O) groups is 2. The molecule has 0 spiro atoms. The number of imide groups is 1. The molecule has 4 aliphatic heterocycles. The van der Waals surface area contributed by atoms with Gasteiger partial charge in [-0.3, -0.25) is 14.5 Å². The van der Waals surface area contributed by atoms with Crippen molar-refractivity contribution in [3.8, 4) is 0 Å². The largest absolute Gasteiger partial charge is 0.369 e. The predicted octanol–water partition coefficient (Wildman–Crippen LogP) is 3.54. The maximum Gasteiger partial charge on any atom is 0.242 e. The van der Waals surface area contributed by atoms with Crippen LogP contribution in [0.2, 0.25) is 0 Å². The number of carbonyl (C=O) groups excluding carboxylic acids is 2. The van der Waals surface area contributed by atoms with Gasteiger partial charge >= 0.3 is 0 Å². The highest BCUT2D eigenvalue weighted by atomic mass is 16.5. The lowest BCUT2D eigenvalue weighted by molar-refractivity contribution is -0.173. The third-order valence-electron chi connectivity index (χ3n) is 8.42. The summed E-state index contributed by atoms with van der Waals surface area (Å²) in [6.07, 6.45) is 0. The number of anilines is 2. The lowest BCUT2D eigenvalue weighted by Gasteiger charge is -2.47. The quantitative estimate of drug-likeness (QED) is 0.662. The molecule has 6 rings (SSSR count). The fourth-order valence-electron chi connectivity index (χ4n) is 7.53. The minimum Gasteiger partial charge on any atom is -0.369 e. The highest BCUT2D eigenvalue weighted by molar-refractivity contribution is 6.23. The van der Waals surface area contributed by atoms with Crippen molar-refractivity contribution in [1.29, 1.82) is 0 Å². The van der Waals surface area contributed by atoms with Gasteiger partial charge in [-0.1, -0.05) is 35.9 Å². The Kier molecular flexibility index (Phi) is 4.08. The van der Waals surface area contributed by atoms with Gasteiger partial charge < -0.3 is 9.64 Å². The molecule has 4 aliphatic rings. The van der Waals surface area contributed by atoms with E-state index in [1.807, 2.05) is 31.2 Å². The zero-order valence-electron chi connectivity index (χ0n) is 20.1. The number of amides is 2. The summed E-state index contributed by atoms with van der Waals surface area (Å²) in [4.78, 5) is 34.1. The Morgan fingerprint density at radius 2 is 1.58 bits per heavy atom. The van der Waals surface area contributed by atoms with E-state index in [9.17, 15) is 9.59 Å². The van der Waals surface area contributed by atoms with Gasteiger partial charge in [-0.2, -0.15) is 0 Å². The van der Waals surface area contributed by atoms with Crippen LogP contribution in [0.4, 0.5) is 11.4 Å². The number of nitrogens with zero attached hydrogens (tertiary/aromatic N) is 3. The van der Waals surface area contributed by atoms with Crippen molar-refractivity contribution in [3.63, 3.8) is 0 Å². The normalized spacial score (nSPS) is 34.8. The molecule has 2 aromatic rings. The highest BCUT2D eigenvalue weighted by Gasteiger charge is 2.82. The van der Waals surface area contributed by atoms with Crippen molar-refractivity contribution >= 4 is 23.2 Å². The summed E-state index contributed by atoms with van der Waals surface area (Å²) >= 11 is 0. The van der Waals surface area contributed by atoms with Gasteiger partial charge in [0.2, 0.25) is 11.8 Å². The second-order valence-corrected chi connectivity index (χ2v) is 11.0. The van der Waals surface area contributed by atoms with Gasteiger partial charge in [-0.15, -0.1) is 0 Å². The van der Waals surface area contributed by atoms with Crippen molar-refractivity contribution in [3.05, 3.63) is 59.7 Å². The Balaban J connectivity index is 1.56. The summed E-state index contributed by atoms with van der Waals surface area (Å²) in [7, 11) is 3.83. The van der Waals surface area contributed by atoms with Crippen LogP contribution in [-0.4, -0.2) is 54.2 Å². The van der Waals surface area contributed by atoms with E-state index in [4.69, 9.17) is 4.74 Å². The third kappa shape index (κ3) is 2.31. The van der Waals surface area contributed by atoms with Crippen molar-refractivity contribution in [1.82, 2.24) is 4.90 Å². The number of likely N-dealkylation sites (N-methyl/N-ethyl adjacent to an activating group) is 1. The monoisotopic (exact) mass is 445 g/mol. The van der Waals surface area contributed by atoms with E-state index in [2.05, 4.69) is 61.9 Å². The zero-order chi connectivity index (χ0) is 23.4. The van der Waals surface area contributed by atoms with Crippen LogP contribution >= 0.6 is 0 Å². The van der Waals surface area contributed by atoms with Crippen LogP contribution < -0.4 is 9.80 Å². The number of benzene rings is 2. The van der Waals surface area contributed by atoms with Gasteiger partial charge in [0.1, 0.15) is 5.72 Å². The molecule has 0 saturated carbocycles. The Hall–Kier alpha value is -2.70. The second kappa shape index (κ2) is 6.45. The molecule has 0 aromatic heterocycles. The molecule has 3 saturated heterocycles. The molecule has 33 heavy (non-hydrogen) atoms. The number of hydrogen-bond donors (Lipinski definition) is 0. The fraction of sp³-hybridized carbons (Fsp3) is 0.481. The first kappa shape index (κ1) is 20.9. The summed E-state index contributed by atoms with van der Waals surface area (Å²) in [6, 6.07) is 16.0. The molecule has 6 nitrogen and oxygen atoms in total. The third-order valence-corrected chi connectivity index (χ3v) is 8.42. The number of aryl methyl sites for hydroxylation is 1. The number of rotatable bonds is 2. The predicted molar refractivity (Wildman–Crippen MR) is 127 cm³/mol. The second-order valence-electron chi connectivity index (χ2n) is 11.0. The molecule has 4 unspecified atom stereocenters. The molecule has 172 valence electrons. The topological polar surface area (TPSA) is 53.1 Å². The average Bonchev–Trinajstić information content (AvgIpc) is 3.44. The minimum atomic E-state index is -0.884. The molecule has 4 heterocycles. The Morgan fingerprint density at radius 3 is 2.21 bits per heavy atom. The summed E-state index contributed by atoms with van der Waals surface area (Å²) < 4.78 is 6.48. The van der Waals surface area contributed by atoms with Gasteiger partial charge in [-0.05, 0) is 51.5 Å². The van der Waals surface area contributed by atoms with E-state index in [-0.39, 0.29) is 35.4 Å². The summed E-state index contributed by atoms with van der Waals surface area (Å²) in [5, 5.41) is 0. The van der Waals surface area contributed by atoms with E-state index < -0.39 is 17.6 Å². The van der Waals surface area contributed by atoms with Crippen LogP contribution in [0.3, 0.4) is 0 Å². The van der Waals surface area contributed by atoms with Gasteiger partial charge in [0, 0.05) is 31.4 Å². The molecule has 2 bridgehead atoms. The maximum absolute atomic E-state index is 14.1. The van der Waals surface area contributed by atoms with Crippen LogP contribution in [0.25, 0.3) is 0 Å². The molecule has 0 N–H and O–H groups in total. The number of ether oxygens (including phenoxy) is 1. The average molecular weight is 446 g/mol. The van der Waals surface area contributed by atoms with Crippen molar-refractivity contribution in [2.45, 2.75) is 57.0 Å². The summed E-state index contributed by atoms with van der Waals surface area (Å²) in [5.74, 6) is -1.23. The molecule has 2 amide bonds. The van der Waals surface area contributed by atoms with Gasteiger partial charge in [0.05, 0.1) is 29.5 Å². The molecule has 6 heteroatoms. The highest BCUT2D eigenvalue weighted by Crippen LogP contribution is 2.68. The van der Waals surface area contributed by atoms with Gasteiger partial charge in [-0.25, -0.2) is 4.90 Å². The molecule has 2 aromatic carbocycles. The van der Waals surface area contributed by atoms with Crippen LogP contribution in [0.15, 0.2) is 48.5 Å². The number of methoxy groups -OCH3 is 1. The number of hydrogen-bond acceptors (Lipinski definition) is 5. The Labute approximate surface area is 195 Å². The van der Waals surface area contributed by atoms with Crippen LogP contribution in [-0.2, 0) is 14.3 Å². The summed E-state index contributed by atoms with van der Waals surface area (Å²) in [6.45, 7) is 8.49. The smallest absolute Gasteiger partial charge is 0.242 e. The van der Waals surface area contributed by atoms with E-state index in [0.29, 0.717) is 5.69 Å². The zero-order valence-corrected chi connectivity index (χ0v) is 20.1. The lowest BCUT2D eigenvalue weighted by Crippen LogP contribution is -2.59. The Bertz CT molecular complexity index is 1170. The molecule has 6 atom stereocenters. The van der Waals surface area contributed by atoms with E-state index in [1.54, 1.807) is 7.11 Å². The van der Waals surface area contributed by atoms with E-state index >= 15 is 0 Å². The van der Waals surface area contributed by atoms with E-state index in [1.165, 1.54) is 16.2 Å². The van der Waals surface area contributed by atoms with Crippen LogP contribution in [0.1, 0.15) is 37.8 Å². The first-order valence-electron chi connectivity index (χ1n) is 11.8. The number of fused-ring (bicyclic) bond motifs is 10. The summed E-state index contributed by atoms with van der Waals surface area (Å²) in [5.41, 5.74) is 2.96. The maximum atomic E-state index is 14.1.